The maximum atomic E-state index is 12.4. The molecule has 1 aromatic rings. The second-order valence-corrected chi connectivity index (χ2v) is 7.42. The maximum absolute atomic E-state index is 12.4. The molecule has 3 heterocycles. The first-order chi connectivity index (χ1) is 12.1. The first-order valence-electron chi connectivity index (χ1n) is 9.26. The fraction of sp³-hybridized carbons (Fsp3) is 0.632. The normalized spacial score (nSPS) is 24.0. The predicted molar refractivity (Wildman–Crippen MR) is 95.4 cm³/mol. The van der Waals surface area contributed by atoms with Crippen molar-refractivity contribution < 1.29 is 9.59 Å². The summed E-state index contributed by atoms with van der Waals surface area (Å²) in [6.45, 7) is 3.54. The van der Waals surface area contributed by atoms with Gasteiger partial charge in [0.15, 0.2) is 0 Å². The van der Waals surface area contributed by atoms with E-state index < -0.39 is 0 Å². The van der Waals surface area contributed by atoms with Crippen molar-refractivity contribution in [2.24, 2.45) is 11.1 Å². The van der Waals surface area contributed by atoms with E-state index in [2.05, 4.69) is 4.98 Å². The van der Waals surface area contributed by atoms with Gasteiger partial charge in [-0.25, -0.2) is 0 Å². The van der Waals surface area contributed by atoms with Crippen LogP contribution in [-0.4, -0.2) is 52.8 Å². The van der Waals surface area contributed by atoms with Crippen molar-refractivity contribution in [3.05, 3.63) is 30.1 Å². The van der Waals surface area contributed by atoms with E-state index in [1.807, 2.05) is 21.9 Å². The molecule has 0 saturated carbocycles. The summed E-state index contributed by atoms with van der Waals surface area (Å²) in [4.78, 5) is 32.8. The number of piperidine rings is 2. The molecule has 0 aromatic carbocycles. The van der Waals surface area contributed by atoms with Crippen LogP contribution in [0.5, 0.6) is 0 Å². The Balaban J connectivity index is 1.66. The van der Waals surface area contributed by atoms with Crippen molar-refractivity contribution in [3.63, 3.8) is 0 Å². The molecule has 2 aliphatic rings. The van der Waals surface area contributed by atoms with Gasteiger partial charge in [0.05, 0.1) is 0 Å². The summed E-state index contributed by atoms with van der Waals surface area (Å²) in [5.74, 6) is 0.427. The fourth-order valence-electron chi connectivity index (χ4n) is 4.12. The number of nitrogens with two attached hydrogens (primary N) is 1. The third-order valence-electron chi connectivity index (χ3n) is 5.48. The van der Waals surface area contributed by atoms with Crippen molar-refractivity contribution in [2.75, 3.05) is 26.2 Å². The van der Waals surface area contributed by atoms with Crippen LogP contribution in [0.3, 0.4) is 0 Å². The molecule has 25 heavy (non-hydrogen) atoms. The number of pyridine rings is 1. The number of hydrogen-bond acceptors (Lipinski definition) is 4. The average molecular weight is 344 g/mol. The van der Waals surface area contributed by atoms with Gasteiger partial charge in [-0.1, -0.05) is 0 Å². The van der Waals surface area contributed by atoms with E-state index in [0.717, 1.165) is 50.9 Å². The molecule has 2 amide bonds. The summed E-state index contributed by atoms with van der Waals surface area (Å²) < 4.78 is 0. The van der Waals surface area contributed by atoms with Crippen LogP contribution >= 0.6 is 0 Å². The molecular formula is C19H28N4O2. The zero-order valence-electron chi connectivity index (χ0n) is 14.8. The quantitative estimate of drug-likeness (QED) is 0.879. The molecule has 6 nitrogen and oxygen atoms in total. The summed E-state index contributed by atoms with van der Waals surface area (Å²) in [7, 11) is 0. The lowest BCUT2D eigenvalue weighted by Gasteiger charge is -2.48. The third kappa shape index (κ3) is 4.37. The molecule has 3 rings (SSSR count). The van der Waals surface area contributed by atoms with E-state index in [0.29, 0.717) is 25.9 Å². The molecule has 2 N–H and O–H groups in total. The topological polar surface area (TPSA) is 79.5 Å². The van der Waals surface area contributed by atoms with Crippen LogP contribution in [0.15, 0.2) is 24.5 Å². The zero-order chi connectivity index (χ0) is 17.7. The third-order valence-corrected chi connectivity index (χ3v) is 5.48. The Labute approximate surface area is 149 Å². The highest BCUT2D eigenvalue weighted by molar-refractivity contribution is 5.78. The lowest BCUT2D eigenvalue weighted by Crippen LogP contribution is -2.54. The van der Waals surface area contributed by atoms with Crippen molar-refractivity contribution in [1.29, 1.82) is 0 Å². The first-order valence-corrected chi connectivity index (χ1v) is 9.26. The summed E-state index contributed by atoms with van der Waals surface area (Å²) in [5, 5.41) is 0. The first kappa shape index (κ1) is 17.9. The summed E-state index contributed by atoms with van der Waals surface area (Å²) in [6.07, 6.45) is 8.38. The Morgan fingerprint density at radius 2 is 2.04 bits per heavy atom. The molecule has 0 bridgehead atoms. The fourth-order valence-corrected chi connectivity index (χ4v) is 4.12. The van der Waals surface area contributed by atoms with Crippen LogP contribution < -0.4 is 5.73 Å². The Bertz CT molecular complexity index is 607. The van der Waals surface area contributed by atoms with Gasteiger partial charge in [-0.05, 0) is 49.9 Å². The highest BCUT2D eigenvalue weighted by Crippen LogP contribution is 2.39. The summed E-state index contributed by atoms with van der Waals surface area (Å²) in [5.41, 5.74) is 6.69. The smallest absolute Gasteiger partial charge is 0.222 e. The molecule has 1 aromatic heterocycles. The Hall–Kier alpha value is -1.95. The molecule has 1 atom stereocenters. The Kier molecular flexibility index (Phi) is 5.68. The Morgan fingerprint density at radius 1 is 1.24 bits per heavy atom. The van der Waals surface area contributed by atoms with Crippen LogP contribution in [0, 0.1) is 5.41 Å². The van der Waals surface area contributed by atoms with Crippen LogP contribution in [-0.2, 0) is 16.1 Å². The van der Waals surface area contributed by atoms with Crippen molar-refractivity contribution in [2.45, 2.75) is 45.1 Å². The number of carbonyl (C=O) groups is 2. The molecule has 0 unspecified atom stereocenters. The van der Waals surface area contributed by atoms with Gasteiger partial charge < -0.3 is 15.5 Å². The highest BCUT2D eigenvalue weighted by Gasteiger charge is 2.42. The van der Waals surface area contributed by atoms with Gasteiger partial charge in [-0.3, -0.25) is 14.6 Å². The molecule has 2 aliphatic heterocycles. The van der Waals surface area contributed by atoms with Crippen LogP contribution in [0.4, 0.5) is 0 Å². The minimum atomic E-state index is 0.0531. The van der Waals surface area contributed by atoms with Gasteiger partial charge in [0.2, 0.25) is 11.8 Å². The van der Waals surface area contributed by atoms with E-state index in [-0.39, 0.29) is 17.2 Å². The molecule has 0 aliphatic carbocycles. The molecule has 136 valence electrons. The van der Waals surface area contributed by atoms with Crippen molar-refractivity contribution in [3.8, 4) is 0 Å². The second kappa shape index (κ2) is 7.95. The average Bonchev–Trinajstić information content (AvgIpc) is 2.64. The SMILES string of the molecule is NCCCC(=O)N1CCC[C@]2(CCC(=O)N(Cc3ccncc3)C2)C1. The highest BCUT2D eigenvalue weighted by atomic mass is 16.2. The molecule has 0 radical (unpaired) electrons. The summed E-state index contributed by atoms with van der Waals surface area (Å²) >= 11 is 0. The van der Waals surface area contributed by atoms with Crippen molar-refractivity contribution in [1.82, 2.24) is 14.8 Å². The molecule has 6 heteroatoms. The maximum Gasteiger partial charge on any atom is 0.222 e. The number of carbonyl (C=O) groups excluding carboxylic acids is 2. The minimum absolute atomic E-state index is 0.0531. The predicted octanol–water partition coefficient (Wildman–Crippen LogP) is 1.55. The van der Waals surface area contributed by atoms with Gasteiger partial charge in [0, 0.05) is 56.8 Å². The minimum Gasteiger partial charge on any atom is -0.342 e. The number of hydrogen-bond donors (Lipinski definition) is 1. The van der Waals surface area contributed by atoms with Crippen LogP contribution in [0.1, 0.15) is 44.1 Å². The summed E-state index contributed by atoms with van der Waals surface area (Å²) in [6, 6.07) is 3.91. The van der Waals surface area contributed by atoms with E-state index >= 15 is 0 Å². The lowest BCUT2D eigenvalue weighted by atomic mass is 9.73. The van der Waals surface area contributed by atoms with E-state index in [4.69, 9.17) is 5.73 Å². The number of rotatable bonds is 5. The second-order valence-electron chi connectivity index (χ2n) is 7.42. The van der Waals surface area contributed by atoms with E-state index in [9.17, 15) is 9.59 Å². The van der Waals surface area contributed by atoms with Gasteiger partial charge in [0.1, 0.15) is 0 Å². The van der Waals surface area contributed by atoms with Crippen LogP contribution in [0.2, 0.25) is 0 Å². The number of likely N-dealkylation sites (tertiary alicyclic amines) is 2. The molecular weight excluding hydrogens is 316 g/mol. The molecule has 2 saturated heterocycles. The van der Waals surface area contributed by atoms with Gasteiger partial charge >= 0.3 is 0 Å². The monoisotopic (exact) mass is 344 g/mol. The van der Waals surface area contributed by atoms with E-state index in [1.165, 1.54) is 0 Å². The lowest BCUT2D eigenvalue weighted by molar-refractivity contribution is -0.143. The number of amides is 2. The van der Waals surface area contributed by atoms with Crippen LogP contribution in [0.25, 0.3) is 0 Å². The van der Waals surface area contributed by atoms with Gasteiger partial charge in [-0.2, -0.15) is 0 Å². The standard InChI is InChI=1S/C19H28N4O2/c20-9-1-3-17(24)22-12-2-7-19(14-22)8-4-18(25)23(15-19)13-16-5-10-21-11-6-16/h5-6,10-11H,1-4,7-9,12-15,20H2/t19-/m0/s1. The van der Waals surface area contributed by atoms with Gasteiger partial charge in [-0.15, -0.1) is 0 Å². The zero-order valence-corrected chi connectivity index (χ0v) is 14.8. The van der Waals surface area contributed by atoms with Gasteiger partial charge in [0.25, 0.3) is 0 Å². The van der Waals surface area contributed by atoms with Crippen molar-refractivity contribution >= 4 is 11.8 Å². The number of nitrogens with zero attached hydrogens (tertiary/aromatic N) is 3. The van der Waals surface area contributed by atoms with E-state index in [1.54, 1.807) is 12.4 Å². The molecule has 2 fully saturated rings. The largest absolute Gasteiger partial charge is 0.342 e. The Morgan fingerprint density at radius 3 is 2.80 bits per heavy atom. The number of aromatic nitrogens is 1. The molecule has 1 spiro atoms.